The van der Waals surface area contributed by atoms with Crippen LogP contribution in [-0.2, 0) is 73.4 Å². The average molecular weight is 1090 g/mol. The molecular weight excluding hydrogens is 1040 g/mol. The van der Waals surface area contributed by atoms with E-state index in [9.17, 15) is 0 Å². The molecule has 0 unspecified atom stereocenters. The molecule has 8 rings (SSSR count). The van der Waals surface area contributed by atoms with Crippen LogP contribution in [0, 0.1) is 34.3 Å². The summed E-state index contributed by atoms with van der Waals surface area (Å²) in [5.74, 6) is 0. The van der Waals surface area contributed by atoms with Gasteiger partial charge in [-0.05, 0) is 60.4 Å². The molecule has 4 aromatic carbocycles. The average Bonchev–Trinajstić information content (AvgIpc) is 4.19. The second-order valence-corrected chi connectivity index (χ2v) is 14.4. The Balaban J connectivity index is 0. The van der Waals surface area contributed by atoms with Gasteiger partial charge in [-0.25, -0.2) is 37.3 Å². The molecule has 24 heteroatoms. The molecule has 0 amide bonds. The molecule has 20 nitrogen and oxygen atoms in total. The third-order valence-corrected chi connectivity index (χ3v) is 7.80. The fourth-order valence-electron chi connectivity index (χ4n) is 5.54. The minimum atomic E-state index is -4.94. The van der Waals surface area contributed by atoms with Crippen LogP contribution in [0.4, 0.5) is 0 Å². The zero-order valence-electron chi connectivity index (χ0n) is 36.9. The zero-order chi connectivity index (χ0) is 49.1. The Morgan fingerprint density at radius 2 is 0.544 bits per heavy atom. The maximum absolute atomic E-state index is 8.49. The van der Waals surface area contributed by atoms with Crippen LogP contribution in [0.15, 0.2) is 186 Å². The molecule has 378 valence electrons. The normalized spacial score (nSPS) is 10.0. The fourth-order valence-corrected chi connectivity index (χ4v) is 5.54. The van der Waals surface area contributed by atoms with E-state index in [0.29, 0.717) is 0 Å². The van der Waals surface area contributed by atoms with Crippen molar-refractivity contribution >= 4 is 0 Å². The molecule has 4 heterocycles. The van der Waals surface area contributed by atoms with Crippen LogP contribution in [0.1, 0.15) is 45.0 Å². The van der Waals surface area contributed by atoms with Gasteiger partial charge in [0.05, 0.1) is 11.4 Å². The zero-order valence-corrected chi connectivity index (χ0v) is 40.3. The van der Waals surface area contributed by atoms with Gasteiger partial charge in [0.2, 0.25) is 0 Å². The molecule has 0 atom stereocenters. The van der Waals surface area contributed by atoms with Gasteiger partial charge in [0.1, 0.15) is 0 Å². The van der Waals surface area contributed by atoms with Crippen LogP contribution in [0.2, 0.25) is 0 Å². The number of nitrogens with zero attached hydrogens (tertiary/aromatic N) is 4. The molecule has 0 aliphatic heterocycles. The topological polar surface area (TPSA) is 342 Å². The Morgan fingerprint density at radius 3 is 0.721 bits per heavy atom. The van der Waals surface area contributed by atoms with E-state index in [2.05, 4.69) is 194 Å². The number of halogens is 2. The third-order valence-electron chi connectivity index (χ3n) is 7.80. The summed E-state index contributed by atoms with van der Waals surface area (Å²) in [7, 11) is -8.39. The van der Waals surface area contributed by atoms with E-state index >= 15 is 0 Å². The van der Waals surface area contributed by atoms with E-state index < -0.39 is 20.5 Å². The molecule has 0 bridgehead atoms. The molecule has 4 aromatic heterocycles. The van der Waals surface area contributed by atoms with Gasteiger partial charge in [0.15, 0.2) is 0 Å². The minimum Gasteiger partial charge on any atom is -0.857 e. The Hall–Kier alpha value is -4.88. The Kier molecular flexibility index (Phi) is 37.4. The van der Waals surface area contributed by atoms with E-state index in [0.717, 1.165) is 76.3 Å². The molecule has 0 N–H and O–H groups in total. The number of hydrogen-bond donors (Lipinski definition) is 0. The minimum absolute atomic E-state index is 0. The van der Waals surface area contributed by atoms with Gasteiger partial charge >= 0.3 is 34.1 Å². The van der Waals surface area contributed by atoms with Crippen LogP contribution >= 0.6 is 0 Å². The van der Waals surface area contributed by atoms with Crippen molar-refractivity contribution in [3.8, 4) is 0 Å². The predicted molar refractivity (Wildman–Crippen MR) is 208 cm³/mol. The monoisotopic (exact) mass is 1090 g/mol. The summed E-state index contributed by atoms with van der Waals surface area (Å²) in [4.78, 5) is 14.2. The SMILES string of the molecule is C[O-].C[O-].Cc1cccc(CN(Cc2ccccc2)Cc2ccccc2)n1.Cc1cccc(CN(Cc2ccccc2)Cc2ccccc2)n1.[Cu+2].[Cu+2].[O-][Cl+3]([O-])([O-])[O-].[O-][Cl+3]([O-])([O-])[O-].o1oo1.o1oo1. The smallest absolute Gasteiger partial charge is 0.857 e. The second kappa shape index (κ2) is 39.0. The first-order chi connectivity index (χ1) is 31.6. The maximum Gasteiger partial charge on any atom is 2.00 e. The van der Waals surface area contributed by atoms with Crippen molar-refractivity contribution in [1.82, 2.24) is 19.8 Å². The van der Waals surface area contributed by atoms with Crippen molar-refractivity contribution in [3.05, 3.63) is 203 Å². The van der Waals surface area contributed by atoms with Gasteiger partial charge < -0.3 is 10.2 Å². The van der Waals surface area contributed by atoms with Crippen molar-refractivity contribution in [2.24, 2.45) is 0 Å². The summed E-state index contributed by atoms with van der Waals surface area (Å²) in [6.07, 6.45) is 0. The van der Waals surface area contributed by atoms with Gasteiger partial charge in [-0.3, -0.25) is 19.8 Å². The standard InChI is InChI=1S/2C21H22N2.2CH3O.2ClHO4.2Cu.2O3/c2*1-18-9-8-14-21(22-18)17-23(15-19-10-4-2-5-11-19)16-20-12-6-3-7-13-20;2*1-2;2*2-1(3,4)5;;;2*1-2-3-1/h2*2-14H,15-17H2,1H3;2*1H3;2*(H,2,3,4,5);;;;/q;;2*-1;;;2*+2;;/p-2. The predicted octanol–water partition coefficient (Wildman–Crippen LogP) is -1.45. The van der Waals surface area contributed by atoms with E-state index in [1.54, 1.807) is 0 Å². The van der Waals surface area contributed by atoms with Gasteiger partial charge in [0.25, 0.3) is 0 Å². The first kappa shape index (κ1) is 65.2. The van der Waals surface area contributed by atoms with Crippen molar-refractivity contribution in [3.63, 3.8) is 0 Å². The molecular formula is C44H50Cl2Cu2N4O16. The summed E-state index contributed by atoms with van der Waals surface area (Å²) in [6, 6.07) is 55.0. The van der Waals surface area contributed by atoms with Gasteiger partial charge in [-0.1, -0.05) is 133 Å². The molecule has 0 fully saturated rings. The summed E-state index contributed by atoms with van der Waals surface area (Å²) < 4.78 is 88.9. The second-order valence-electron chi connectivity index (χ2n) is 12.9. The van der Waals surface area contributed by atoms with Gasteiger partial charge in [-0.15, -0.1) is 20.5 Å². The molecule has 0 aliphatic rings. The number of aryl methyl sites for hydroxylation is 2. The third kappa shape index (κ3) is 41.3. The molecule has 0 spiro atoms. The number of benzene rings is 4. The van der Waals surface area contributed by atoms with Gasteiger partial charge in [-0.2, -0.15) is 14.2 Å². The Labute approximate surface area is 418 Å². The molecule has 0 aliphatic carbocycles. The first-order valence-electron chi connectivity index (χ1n) is 19.1. The van der Waals surface area contributed by atoms with Crippen molar-refractivity contribution in [2.75, 3.05) is 14.2 Å². The molecule has 0 saturated heterocycles. The number of rotatable bonds is 12. The maximum atomic E-state index is 8.49. The van der Waals surface area contributed by atoms with Crippen LogP contribution in [0.5, 0.6) is 0 Å². The Bertz CT molecular complexity index is 1950. The summed E-state index contributed by atoms with van der Waals surface area (Å²) in [5.41, 5.74) is 9.71. The van der Waals surface area contributed by atoms with Crippen molar-refractivity contribution in [1.29, 1.82) is 0 Å². The summed E-state index contributed by atoms with van der Waals surface area (Å²) >= 11 is 0. The first-order valence-corrected chi connectivity index (χ1v) is 21.6. The van der Waals surface area contributed by atoms with Crippen LogP contribution in [-0.4, -0.2) is 34.0 Å². The number of aromatic nitrogens is 2. The number of pyridine rings is 2. The Morgan fingerprint density at radius 1 is 0.338 bits per heavy atom. The van der Waals surface area contributed by atoms with Crippen LogP contribution < -0.4 is 47.5 Å². The molecule has 68 heavy (non-hydrogen) atoms. The summed E-state index contributed by atoms with van der Waals surface area (Å²) in [5, 5.41) is 16.5. The van der Waals surface area contributed by atoms with E-state index in [1.165, 1.54) is 22.3 Å². The van der Waals surface area contributed by atoms with Crippen LogP contribution in [0.3, 0.4) is 0 Å². The largest absolute Gasteiger partial charge is 2.00 e. The van der Waals surface area contributed by atoms with Crippen molar-refractivity contribution < 1.29 is 131 Å². The fraction of sp³-hybridized carbons (Fsp3) is 0.227. The molecule has 8 aromatic rings. The van der Waals surface area contributed by atoms with Crippen molar-refractivity contribution in [2.45, 2.75) is 53.1 Å². The summed E-state index contributed by atoms with van der Waals surface area (Å²) in [6.45, 7) is 9.48. The van der Waals surface area contributed by atoms with E-state index in [4.69, 9.17) is 47.5 Å². The molecule has 0 saturated carbocycles. The van der Waals surface area contributed by atoms with Gasteiger partial charge in [0, 0.05) is 79.1 Å². The molecule has 2 radical (unpaired) electrons. The van der Waals surface area contributed by atoms with E-state index in [1.807, 2.05) is 26.0 Å². The number of hydrogen-bond acceptors (Lipinski definition) is 20. The van der Waals surface area contributed by atoms with Crippen LogP contribution in [0.25, 0.3) is 0 Å². The quantitative estimate of drug-likeness (QED) is 0.0998. The van der Waals surface area contributed by atoms with E-state index in [-0.39, 0.29) is 34.1 Å².